The molecule has 2 saturated carbocycles. The van der Waals surface area contributed by atoms with Gasteiger partial charge in [-0.05, 0) is 43.4 Å². The number of rotatable bonds is 5. The van der Waals surface area contributed by atoms with Crippen molar-refractivity contribution in [1.82, 2.24) is 5.32 Å². The highest BCUT2D eigenvalue weighted by Crippen LogP contribution is 2.54. The van der Waals surface area contributed by atoms with E-state index in [1.54, 1.807) is 0 Å². The summed E-state index contributed by atoms with van der Waals surface area (Å²) < 4.78 is 0. The van der Waals surface area contributed by atoms with Gasteiger partial charge in [0, 0.05) is 12.5 Å². The van der Waals surface area contributed by atoms with Crippen molar-refractivity contribution in [3.63, 3.8) is 0 Å². The van der Waals surface area contributed by atoms with Gasteiger partial charge in [-0.15, -0.1) is 0 Å². The van der Waals surface area contributed by atoms with E-state index in [9.17, 15) is 9.90 Å². The molecule has 0 saturated heterocycles. The second-order valence-electron chi connectivity index (χ2n) is 5.95. The van der Waals surface area contributed by atoms with Gasteiger partial charge in [-0.2, -0.15) is 0 Å². The summed E-state index contributed by atoms with van der Waals surface area (Å²) in [7, 11) is 0. The molecule has 0 aromatic heterocycles. The molecule has 3 atom stereocenters. The van der Waals surface area contributed by atoms with Gasteiger partial charge in [0.25, 0.3) is 0 Å². The second kappa shape index (κ2) is 4.74. The van der Waals surface area contributed by atoms with Crippen LogP contribution in [0.4, 0.5) is 0 Å². The Hall–Kier alpha value is -0.570. The van der Waals surface area contributed by atoms with Crippen molar-refractivity contribution in [3.05, 3.63) is 0 Å². The molecule has 0 bridgehead atoms. The Labute approximate surface area is 97.6 Å². The molecule has 0 aromatic carbocycles. The maximum absolute atomic E-state index is 11.8. The largest absolute Gasteiger partial charge is 0.391 e. The highest BCUT2D eigenvalue weighted by molar-refractivity contribution is 5.79. The van der Waals surface area contributed by atoms with E-state index in [0.717, 1.165) is 31.1 Å². The second-order valence-corrected chi connectivity index (χ2v) is 5.95. The van der Waals surface area contributed by atoms with Crippen molar-refractivity contribution in [2.24, 2.45) is 23.7 Å². The molecule has 2 N–H and O–H groups in total. The molecule has 1 amide bonds. The number of carbonyl (C=O) groups is 1. The molecule has 3 unspecified atom stereocenters. The number of hydrogen-bond acceptors (Lipinski definition) is 2. The summed E-state index contributed by atoms with van der Waals surface area (Å²) in [5, 5.41) is 12.5. The summed E-state index contributed by atoms with van der Waals surface area (Å²) in [5.74, 6) is 2.56. The Bertz CT molecular complexity index is 255. The molecule has 0 aliphatic heterocycles. The average Bonchev–Trinajstić information content (AvgIpc) is 2.81. The Balaban J connectivity index is 1.63. The van der Waals surface area contributed by atoms with Gasteiger partial charge in [0.05, 0.1) is 6.10 Å². The molecule has 2 aliphatic rings. The fraction of sp³-hybridized carbons (Fsp3) is 0.923. The van der Waals surface area contributed by atoms with Gasteiger partial charge in [-0.3, -0.25) is 4.79 Å². The third-order valence-corrected chi connectivity index (χ3v) is 3.87. The monoisotopic (exact) mass is 225 g/mol. The van der Waals surface area contributed by atoms with Crippen molar-refractivity contribution in [2.75, 3.05) is 6.54 Å². The maximum Gasteiger partial charge on any atom is 0.223 e. The fourth-order valence-corrected chi connectivity index (χ4v) is 2.92. The molecule has 2 rings (SSSR count). The number of nitrogens with one attached hydrogen (secondary N) is 1. The lowest BCUT2D eigenvalue weighted by Crippen LogP contribution is -2.36. The molecule has 3 heteroatoms. The number of hydrogen-bond donors (Lipinski definition) is 2. The van der Waals surface area contributed by atoms with E-state index in [-0.39, 0.29) is 17.9 Å². The third kappa shape index (κ3) is 2.97. The molecular weight excluding hydrogens is 202 g/mol. The molecule has 0 radical (unpaired) electrons. The van der Waals surface area contributed by atoms with Crippen LogP contribution in [0, 0.1) is 23.7 Å². The fourth-order valence-electron chi connectivity index (χ4n) is 2.92. The molecule has 0 spiro atoms. The average molecular weight is 225 g/mol. The van der Waals surface area contributed by atoms with Gasteiger partial charge in [0.1, 0.15) is 0 Å². The quantitative estimate of drug-likeness (QED) is 0.746. The molecule has 3 nitrogen and oxygen atoms in total. The van der Waals surface area contributed by atoms with Crippen LogP contribution in [-0.2, 0) is 4.79 Å². The first-order chi connectivity index (χ1) is 7.56. The molecule has 92 valence electrons. The first kappa shape index (κ1) is 11.9. The predicted octanol–water partition coefficient (Wildman–Crippen LogP) is 1.56. The molecule has 0 heterocycles. The lowest BCUT2D eigenvalue weighted by molar-refractivity contribution is -0.125. The van der Waals surface area contributed by atoms with Gasteiger partial charge in [0.15, 0.2) is 0 Å². The zero-order chi connectivity index (χ0) is 11.7. The number of amides is 1. The SMILES string of the molecule is CC(C)CC(O)CNC(=O)C1CC2CC2C1. The summed E-state index contributed by atoms with van der Waals surface area (Å²) in [5.41, 5.74) is 0. The number of aliphatic hydroxyl groups excluding tert-OH is 1. The van der Waals surface area contributed by atoms with Crippen molar-refractivity contribution in [2.45, 2.75) is 45.6 Å². The summed E-state index contributed by atoms with van der Waals surface area (Å²) in [6.07, 6.45) is 3.88. The van der Waals surface area contributed by atoms with Crippen molar-refractivity contribution in [1.29, 1.82) is 0 Å². The molecule has 2 fully saturated rings. The Morgan fingerprint density at radius 1 is 1.31 bits per heavy atom. The normalized spacial score (nSPS) is 33.6. The van der Waals surface area contributed by atoms with Crippen LogP contribution in [0.2, 0.25) is 0 Å². The minimum Gasteiger partial charge on any atom is -0.391 e. The highest BCUT2D eigenvalue weighted by atomic mass is 16.3. The Morgan fingerprint density at radius 3 is 2.50 bits per heavy atom. The smallest absolute Gasteiger partial charge is 0.223 e. The Kier molecular flexibility index (Phi) is 3.53. The van der Waals surface area contributed by atoms with E-state index < -0.39 is 0 Å². The summed E-state index contributed by atoms with van der Waals surface area (Å²) in [4.78, 5) is 11.8. The van der Waals surface area contributed by atoms with Crippen molar-refractivity contribution >= 4 is 5.91 Å². The van der Waals surface area contributed by atoms with E-state index in [0.29, 0.717) is 12.5 Å². The maximum atomic E-state index is 11.8. The zero-order valence-corrected chi connectivity index (χ0v) is 10.3. The van der Waals surface area contributed by atoms with E-state index >= 15 is 0 Å². The topological polar surface area (TPSA) is 49.3 Å². The first-order valence-electron chi connectivity index (χ1n) is 6.52. The van der Waals surface area contributed by atoms with Gasteiger partial charge in [0.2, 0.25) is 5.91 Å². The van der Waals surface area contributed by atoms with Gasteiger partial charge >= 0.3 is 0 Å². The van der Waals surface area contributed by atoms with Crippen molar-refractivity contribution in [3.8, 4) is 0 Å². The number of carbonyl (C=O) groups excluding carboxylic acids is 1. The van der Waals surface area contributed by atoms with Crippen LogP contribution >= 0.6 is 0 Å². The van der Waals surface area contributed by atoms with E-state index in [4.69, 9.17) is 0 Å². The molecule has 2 aliphatic carbocycles. The molecule has 0 aromatic rings. The first-order valence-corrected chi connectivity index (χ1v) is 6.52. The minimum absolute atomic E-state index is 0.162. The van der Waals surface area contributed by atoms with Crippen LogP contribution in [0.25, 0.3) is 0 Å². The van der Waals surface area contributed by atoms with Gasteiger partial charge in [-0.1, -0.05) is 13.8 Å². The third-order valence-electron chi connectivity index (χ3n) is 3.87. The number of aliphatic hydroxyl groups is 1. The summed E-state index contributed by atoms with van der Waals surface area (Å²) >= 11 is 0. The van der Waals surface area contributed by atoms with E-state index in [1.807, 2.05) is 0 Å². The zero-order valence-electron chi connectivity index (χ0n) is 10.3. The summed E-state index contributed by atoms with van der Waals surface area (Å²) in [6.45, 7) is 4.58. The van der Waals surface area contributed by atoms with Crippen LogP contribution in [0.1, 0.15) is 39.5 Å². The van der Waals surface area contributed by atoms with Crippen LogP contribution < -0.4 is 5.32 Å². The van der Waals surface area contributed by atoms with Crippen LogP contribution in [0.3, 0.4) is 0 Å². The predicted molar refractivity (Wildman–Crippen MR) is 62.8 cm³/mol. The number of fused-ring (bicyclic) bond motifs is 1. The lowest BCUT2D eigenvalue weighted by Gasteiger charge is -2.16. The Morgan fingerprint density at radius 2 is 1.94 bits per heavy atom. The van der Waals surface area contributed by atoms with Gasteiger partial charge in [-0.25, -0.2) is 0 Å². The van der Waals surface area contributed by atoms with Crippen LogP contribution in [-0.4, -0.2) is 23.7 Å². The van der Waals surface area contributed by atoms with E-state index in [2.05, 4.69) is 19.2 Å². The highest BCUT2D eigenvalue weighted by Gasteiger charge is 2.47. The minimum atomic E-state index is -0.389. The molecular formula is C13H23NO2. The lowest BCUT2D eigenvalue weighted by atomic mass is 10.0. The molecule has 16 heavy (non-hydrogen) atoms. The van der Waals surface area contributed by atoms with Crippen LogP contribution in [0.15, 0.2) is 0 Å². The van der Waals surface area contributed by atoms with E-state index in [1.165, 1.54) is 6.42 Å². The standard InChI is InChI=1S/C13H23NO2/c1-8(2)3-12(15)7-14-13(16)11-5-9-4-10(9)6-11/h8-12,15H,3-7H2,1-2H3,(H,14,16). The van der Waals surface area contributed by atoms with Gasteiger partial charge < -0.3 is 10.4 Å². The summed E-state index contributed by atoms with van der Waals surface area (Å²) in [6, 6.07) is 0. The van der Waals surface area contributed by atoms with Crippen molar-refractivity contribution < 1.29 is 9.90 Å². The van der Waals surface area contributed by atoms with Crippen LogP contribution in [0.5, 0.6) is 0 Å².